The summed E-state index contributed by atoms with van der Waals surface area (Å²) in [6.07, 6.45) is -1.24. The molecule has 25 heavy (non-hydrogen) atoms. The van der Waals surface area contributed by atoms with Gasteiger partial charge in [0.2, 0.25) is 5.88 Å². The molecule has 1 aliphatic carbocycles. The second kappa shape index (κ2) is 6.82. The van der Waals surface area contributed by atoms with Crippen molar-refractivity contribution in [3.63, 3.8) is 0 Å². The van der Waals surface area contributed by atoms with Crippen molar-refractivity contribution in [2.24, 2.45) is 0 Å². The third-order valence-electron chi connectivity index (χ3n) is 3.48. The van der Waals surface area contributed by atoms with Crippen LogP contribution in [0.4, 0.5) is 13.2 Å². The van der Waals surface area contributed by atoms with Gasteiger partial charge in [-0.15, -0.1) is 0 Å². The molecule has 0 spiro atoms. The van der Waals surface area contributed by atoms with Crippen molar-refractivity contribution < 1.29 is 22.7 Å². The summed E-state index contributed by atoms with van der Waals surface area (Å²) in [5.74, 6) is -0.00595. The smallest absolute Gasteiger partial charge is 0.422 e. The van der Waals surface area contributed by atoms with E-state index in [2.05, 4.69) is 25.2 Å². The predicted molar refractivity (Wildman–Crippen MR) is 82.6 cm³/mol. The first-order valence-electron chi connectivity index (χ1n) is 7.43. The quantitative estimate of drug-likeness (QED) is 0.760. The fourth-order valence-corrected chi connectivity index (χ4v) is 2.49. The number of H-pyrrole nitrogens is 1. The van der Waals surface area contributed by atoms with Crippen LogP contribution in [0.25, 0.3) is 0 Å². The standard InChI is InChI=1S/C14H14F3N5O2S/c15-14(16,17)7-24-11-4-1-8(5-18-11)12(23)19-6-10-20-21-13(25)22(10)9-2-3-9/h1,4-5,9H,2-3,6-7H2,(H,19,23)(H,21,25). The van der Waals surface area contributed by atoms with Gasteiger partial charge in [-0.3, -0.25) is 14.5 Å². The molecule has 7 nitrogen and oxygen atoms in total. The Morgan fingerprint density at radius 2 is 2.20 bits per heavy atom. The summed E-state index contributed by atoms with van der Waals surface area (Å²) in [6, 6.07) is 2.87. The number of rotatable bonds is 6. The third kappa shape index (κ3) is 4.56. The first-order chi connectivity index (χ1) is 11.8. The van der Waals surface area contributed by atoms with Crippen molar-refractivity contribution in [1.82, 2.24) is 25.1 Å². The van der Waals surface area contributed by atoms with Crippen molar-refractivity contribution in [3.8, 4) is 5.88 Å². The van der Waals surface area contributed by atoms with Gasteiger partial charge >= 0.3 is 6.18 Å². The molecule has 134 valence electrons. The molecule has 1 aliphatic rings. The van der Waals surface area contributed by atoms with Gasteiger partial charge in [-0.25, -0.2) is 4.98 Å². The number of aromatic nitrogens is 4. The van der Waals surface area contributed by atoms with Gasteiger partial charge in [-0.2, -0.15) is 18.3 Å². The molecule has 2 N–H and O–H groups in total. The average Bonchev–Trinajstić information content (AvgIpc) is 3.33. The van der Waals surface area contributed by atoms with Crippen molar-refractivity contribution in [1.29, 1.82) is 0 Å². The van der Waals surface area contributed by atoms with Gasteiger partial charge in [0.1, 0.15) is 0 Å². The number of pyridine rings is 1. The minimum Gasteiger partial charge on any atom is -0.468 e. The van der Waals surface area contributed by atoms with Crippen molar-refractivity contribution >= 4 is 18.1 Å². The number of nitrogens with zero attached hydrogens (tertiary/aromatic N) is 3. The van der Waals surface area contributed by atoms with Crippen LogP contribution in [-0.4, -0.2) is 38.4 Å². The molecule has 0 radical (unpaired) electrons. The van der Waals surface area contributed by atoms with E-state index in [1.54, 1.807) is 0 Å². The number of aromatic amines is 1. The van der Waals surface area contributed by atoms with E-state index >= 15 is 0 Å². The Morgan fingerprint density at radius 3 is 2.80 bits per heavy atom. The normalized spacial score (nSPS) is 14.4. The average molecular weight is 373 g/mol. The van der Waals surface area contributed by atoms with E-state index in [1.807, 2.05) is 4.57 Å². The molecule has 0 unspecified atom stereocenters. The van der Waals surface area contributed by atoms with Crippen LogP contribution in [0, 0.1) is 4.77 Å². The van der Waals surface area contributed by atoms with Crippen molar-refractivity contribution in [3.05, 3.63) is 34.5 Å². The van der Waals surface area contributed by atoms with Gasteiger partial charge in [-0.1, -0.05) is 0 Å². The Morgan fingerprint density at radius 1 is 1.44 bits per heavy atom. The maximum atomic E-state index is 12.1. The molecule has 0 aromatic carbocycles. The molecule has 2 aromatic heterocycles. The lowest BCUT2D eigenvalue weighted by atomic mass is 10.2. The second-order valence-corrected chi connectivity index (χ2v) is 5.90. The molecule has 0 bridgehead atoms. The Labute approximate surface area is 145 Å². The number of hydrogen-bond donors (Lipinski definition) is 2. The Bertz CT molecular complexity index is 811. The molecule has 1 saturated carbocycles. The first kappa shape index (κ1) is 17.4. The molecule has 3 rings (SSSR count). The van der Waals surface area contributed by atoms with E-state index in [4.69, 9.17) is 12.2 Å². The molecule has 0 atom stereocenters. The highest BCUT2D eigenvalue weighted by molar-refractivity contribution is 7.71. The number of halogens is 3. The molecule has 1 fully saturated rings. The van der Waals surface area contributed by atoms with Crippen LogP contribution in [0.15, 0.2) is 18.3 Å². The number of alkyl halides is 3. The van der Waals surface area contributed by atoms with E-state index in [1.165, 1.54) is 12.1 Å². The van der Waals surface area contributed by atoms with Crippen LogP contribution in [0.1, 0.15) is 35.1 Å². The number of nitrogens with one attached hydrogen (secondary N) is 2. The topological polar surface area (TPSA) is 84.8 Å². The Balaban J connectivity index is 1.57. The zero-order chi connectivity index (χ0) is 18.0. The van der Waals surface area contributed by atoms with Gasteiger partial charge in [0.15, 0.2) is 17.2 Å². The fourth-order valence-electron chi connectivity index (χ4n) is 2.19. The van der Waals surface area contributed by atoms with Crippen LogP contribution >= 0.6 is 12.2 Å². The van der Waals surface area contributed by atoms with E-state index < -0.39 is 18.7 Å². The van der Waals surface area contributed by atoms with Crippen LogP contribution in [0.2, 0.25) is 0 Å². The van der Waals surface area contributed by atoms with Crippen LogP contribution < -0.4 is 10.1 Å². The van der Waals surface area contributed by atoms with E-state index in [-0.39, 0.29) is 18.0 Å². The van der Waals surface area contributed by atoms with Crippen LogP contribution in [0.3, 0.4) is 0 Å². The molecule has 0 saturated heterocycles. The summed E-state index contributed by atoms with van der Waals surface area (Å²) in [7, 11) is 0. The molecule has 2 aromatic rings. The highest BCUT2D eigenvalue weighted by atomic mass is 32.1. The van der Waals surface area contributed by atoms with E-state index in [9.17, 15) is 18.0 Å². The van der Waals surface area contributed by atoms with Crippen LogP contribution in [-0.2, 0) is 6.54 Å². The highest BCUT2D eigenvalue weighted by Crippen LogP contribution is 2.35. The van der Waals surface area contributed by atoms with Gasteiger partial charge in [0, 0.05) is 18.3 Å². The van der Waals surface area contributed by atoms with Gasteiger partial charge in [0.05, 0.1) is 12.1 Å². The van der Waals surface area contributed by atoms with E-state index in [0.29, 0.717) is 16.6 Å². The number of amides is 1. The maximum absolute atomic E-state index is 12.1. The summed E-state index contributed by atoms with van der Waals surface area (Å²) in [5, 5.41) is 9.47. The summed E-state index contributed by atoms with van der Waals surface area (Å²) in [4.78, 5) is 15.8. The van der Waals surface area contributed by atoms with Gasteiger partial charge in [-0.05, 0) is 31.1 Å². The molecular formula is C14H14F3N5O2S. The summed E-state index contributed by atoms with van der Waals surface area (Å²) < 4.78 is 43.1. The van der Waals surface area contributed by atoms with Crippen molar-refractivity contribution in [2.75, 3.05) is 6.61 Å². The zero-order valence-electron chi connectivity index (χ0n) is 12.8. The summed E-state index contributed by atoms with van der Waals surface area (Å²) >= 11 is 5.16. The molecule has 1 amide bonds. The number of carbonyl (C=O) groups excluding carboxylic acids is 1. The minimum atomic E-state index is -4.44. The fraction of sp³-hybridized carbons (Fsp3) is 0.429. The summed E-state index contributed by atoms with van der Waals surface area (Å²) in [5.41, 5.74) is 0.200. The lowest BCUT2D eigenvalue weighted by Gasteiger charge is -2.09. The molecular weight excluding hydrogens is 359 g/mol. The summed E-state index contributed by atoms with van der Waals surface area (Å²) in [6.45, 7) is -1.26. The lowest BCUT2D eigenvalue weighted by molar-refractivity contribution is -0.154. The SMILES string of the molecule is O=C(NCc1n[nH]c(=S)n1C1CC1)c1ccc(OCC(F)(F)F)nc1. The van der Waals surface area contributed by atoms with Crippen LogP contribution in [0.5, 0.6) is 5.88 Å². The molecule has 2 heterocycles. The largest absolute Gasteiger partial charge is 0.468 e. The minimum absolute atomic E-state index is 0.175. The molecule has 11 heteroatoms. The van der Waals surface area contributed by atoms with Crippen molar-refractivity contribution in [2.45, 2.75) is 31.6 Å². The highest BCUT2D eigenvalue weighted by Gasteiger charge is 2.29. The number of hydrogen-bond acceptors (Lipinski definition) is 5. The predicted octanol–water partition coefficient (Wildman–Crippen LogP) is 2.54. The Hall–Kier alpha value is -2.43. The molecule has 0 aliphatic heterocycles. The first-order valence-corrected chi connectivity index (χ1v) is 7.84. The third-order valence-corrected chi connectivity index (χ3v) is 3.77. The lowest BCUT2D eigenvalue weighted by Crippen LogP contribution is -2.25. The second-order valence-electron chi connectivity index (χ2n) is 5.52. The van der Waals surface area contributed by atoms with Gasteiger partial charge < -0.3 is 10.1 Å². The zero-order valence-corrected chi connectivity index (χ0v) is 13.7. The van der Waals surface area contributed by atoms with E-state index in [0.717, 1.165) is 19.0 Å². The number of carbonyl (C=O) groups is 1. The number of ether oxygens (including phenoxy) is 1. The van der Waals surface area contributed by atoms with Gasteiger partial charge in [0.25, 0.3) is 5.91 Å². The Kier molecular flexibility index (Phi) is 4.75. The monoisotopic (exact) mass is 373 g/mol. The maximum Gasteiger partial charge on any atom is 0.422 e.